The van der Waals surface area contributed by atoms with Gasteiger partial charge in [0.25, 0.3) is 0 Å². The molecule has 0 aromatic rings. The lowest BCUT2D eigenvalue weighted by Gasteiger charge is -2.39. The van der Waals surface area contributed by atoms with Crippen LogP contribution in [0.15, 0.2) is 0 Å². The maximum Gasteiger partial charge on any atom is 0.332 e. The first kappa shape index (κ1) is 49.0. The fourth-order valence-corrected chi connectivity index (χ4v) is 5.40. The van der Waals surface area contributed by atoms with Crippen molar-refractivity contribution in [3.8, 4) is 0 Å². The SMILES string of the molecule is CC(=O)OCC(COC(=O)COCCOC(=O)CN1CCN(CC(=O)O)CCN(CC(=O)O)CCN(CC(=O)O)CC1CN(CC(=O)O)CC(=O)O)OC(C)=O. The number of carbonyl (C=O) groups is 9. The van der Waals surface area contributed by atoms with Crippen molar-refractivity contribution in [3.63, 3.8) is 0 Å². The Balaban J connectivity index is 3.17. The van der Waals surface area contributed by atoms with Gasteiger partial charge in [-0.25, -0.2) is 4.79 Å². The van der Waals surface area contributed by atoms with Gasteiger partial charge in [-0.2, -0.15) is 0 Å². The minimum atomic E-state index is -1.36. The summed E-state index contributed by atoms with van der Waals surface area (Å²) in [7, 11) is 0. The third-order valence-electron chi connectivity index (χ3n) is 7.70. The highest BCUT2D eigenvalue weighted by atomic mass is 16.6. The van der Waals surface area contributed by atoms with E-state index in [1.54, 1.807) is 0 Å². The van der Waals surface area contributed by atoms with Crippen LogP contribution >= 0.6 is 0 Å². The van der Waals surface area contributed by atoms with Gasteiger partial charge in [0.1, 0.15) is 26.4 Å². The summed E-state index contributed by atoms with van der Waals surface area (Å²) in [6.45, 7) is -3.55. The Morgan fingerprint density at radius 1 is 0.589 bits per heavy atom. The van der Waals surface area contributed by atoms with E-state index in [0.29, 0.717) is 0 Å². The minimum absolute atomic E-state index is 0.0124. The number of esters is 4. The fraction of sp³-hybridized carbons (Fsp3) is 0.719. The van der Waals surface area contributed by atoms with E-state index in [0.717, 1.165) is 18.7 Å². The molecule has 56 heavy (non-hydrogen) atoms. The van der Waals surface area contributed by atoms with Crippen LogP contribution in [0.3, 0.4) is 0 Å². The average molecular weight is 810 g/mol. The third-order valence-corrected chi connectivity index (χ3v) is 7.70. The second kappa shape index (κ2) is 26.7. The van der Waals surface area contributed by atoms with Gasteiger partial charge < -0.3 is 49.2 Å². The molecule has 0 spiro atoms. The summed E-state index contributed by atoms with van der Waals surface area (Å²) in [6.07, 6.45) is -1.06. The predicted molar refractivity (Wildman–Crippen MR) is 184 cm³/mol. The quantitative estimate of drug-likeness (QED) is 0.0351. The molecule has 24 heteroatoms. The zero-order valence-electron chi connectivity index (χ0n) is 31.3. The zero-order chi connectivity index (χ0) is 42.2. The molecule has 0 aromatic carbocycles. The van der Waals surface area contributed by atoms with E-state index in [1.807, 2.05) is 0 Å². The molecule has 1 fully saturated rings. The van der Waals surface area contributed by atoms with Crippen LogP contribution in [0.25, 0.3) is 0 Å². The zero-order valence-corrected chi connectivity index (χ0v) is 31.3. The van der Waals surface area contributed by atoms with Crippen molar-refractivity contribution in [1.29, 1.82) is 0 Å². The lowest BCUT2D eigenvalue weighted by molar-refractivity contribution is -0.166. The molecule has 1 heterocycles. The fourth-order valence-electron chi connectivity index (χ4n) is 5.40. The molecule has 1 aliphatic heterocycles. The van der Waals surface area contributed by atoms with Crippen LogP contribution < -0.4 is 0 Å². The molecule has 1 saturated heterocycles. The van der Waals surface area contributed by atoms with Crippen LogP contribution in [0.2, 0.25) is 0 Å². The van der Waals surface area contributed by atoms with E-state index < -0.39 is 118 Å². The van der Waals surface area contributed by atoms with E-state index in [-0.39, 0.29) is 72.2 Å². The molecule has 318 valence electrons. The van der Waals surface area contributed by atoms with Crippen LogP contribution in [-0.2, 0) is 66.8 Å². The molecule has 1 rings (SSSR count). The minimum Gasteiger partial charge on any atom is -0.480 e. The van der Waals surface area contributed by atoms with Crippen LogP contribution in [0.4, 0.5) is 0 Å². The summed E-state index contributed by atoms with van der Waals surface area (Å²) < 4.78 is 25.1. The molecule has 0 aromatic heterocycles. The maximum absolute atomic E-state index is 13.1. The van der Waals surface area contributed by atoms with Gasteiger partial charge in [0.2, 0.25) is 0 Å². The molecule has 0 amide bonds. The Bertz CT molecular complexity index is 1330. The number of hydrogen-bond donors (Lipinski definition) is 5. The normalized spacial score (nSPS) is 17.1. The molecule has 0 radical (unpaired) electrons. The van der Waals surface area contributed by atoms with Crippen molar-refractivity contribution < 1.29 is 92.4 Å². The van der Waals surface area contributed by atoms with E-state index in [2.05, 4.69) is 0 Å². The third kappa shape index (κ3) is 24.4. The second-order valence-electron chi connectivity index (χ2n) is 12.5. The Kier molecular flexibility index (Phi) is 23.4. The molecule has 0 aliphatic carbocycles. The Morgan fingerprint density at radius 3 is 1.59 bits per heavy atom. The predicted octanol–water partition coefficient (Wildman–Crippen LogP) is -4.10. The number of nitrogens with zero attached hydrogens (tertiary/aromatic N) is 5. The van der Waals surface area contributed by atoms with Crippen LogP contribution in [-0.4, -0.2) is 241 Å². The Morgan fingerprint density at radius 2 is 1.09 bits per heavy atom. The first-order valence-electron chi connectivity index (χ1n) is 17.2. The number of ether oxygens (including phenoxy) is 5. The molecule has 24 nitrogen and oxygen atoms in total. The van der Waals surface area contributed by atoms with Gasteiger partial charge in [-0.05, 0) is 0 Å². The molecular weight excluding hydrogens is 758 g/mol. The first-order valence-corrected chi connectivity index (χ1v) is 17.2. The Labute approximate surface area is 321 Å². The first-order chi connectivity index (χ1) is 26.3. The van der Waals surface area contributed by atoms with Crippen molar-refractivity contribution in [2.24, 2.45) is 0 Å². The number of carboxylic acids is 5. The molecule has 2 unspecified atom stereocenters. The topological polar surface area (TPSA) is 317 Å². The standard InChI is InChI=1S/C32H51N5O19/c1-22(38)54-19-25(56-23(2)39)20-55-32(51)21-52-9-10-53-31(50)18-37-8-7-34(14-27(42)43)4-3-33(13-26(40)41)5-6-35(15-28(44)45)11-24(37)12-36(16-29(46)47)17-30(48)49/h24-25H,3-21H2,1-2H3,(H,40,41)(H,42,43)(H,44,45)(H,46,47)(H,48,49). The molecule has 5 N–H and O–H groups in total. The van der Waals surface area contributed by atoms with Gasteiger partial charge in [-0.1, -0.05) is 0 Å². The second-order valence-corrected chi connectivity index (χ2v) is 12.5. The van der Waals surface area contributed by atoms with Crippen LogP contribution in [0.1, 0.15) is 13.8 Å². The summed E-state index contributed by atoms with van der Waals surface area (Å²) in [6, 6.07) is -0.942. The lowest BCUT2D eigenvalue weighted by atomic mass is 10.1. The van der Waals surface area contributed by atoms with Gasteiger partial charge in [0.05, 0.1) is 45.9 Å². The monoisotopic (exact) mass is 809 g/mol. The molecule has 2 atom stereocenters. The highest BCUT2D eigenvalue weighted by Gasteiger charge is 2.30. The Hall–Kier alpha value is -5.01. The number of carboxylic acid groups (broad SMARTS) is 5. The van der Waals surface area contributed by atoms with Gasteiger partial charge in [-0.3, -0.25) is 62.9 Å². The summed E-state index contributed by atoms with van der Waals surface area (Å²) in [5.74, 6) is -9.41. The van der Waals surface area contributed by atoms with Crippen molar-refractivity contribution in [2.45, 2.75) is 26.0 Å². The van der Waals surface area contributed by atoms with Gasteiger partial charge in [0.15, 0.2) is 6.10 Å². The molecule has 0 bridgehead atoms. The van der Waals surface area contributed by atoms with Crippen LogP contribution in [0.5, 0.6) is 0 Å². The summed E-state index contributed by atoms with van der Waals surface area (Å²) in [5, 5.41) is 47.6. The summed E-state index contributed by atoms with van der Waals surface area (Å²) in [4.78, 5) is 113. The highest BCUT2D eigenvalue weighted by Crippen LogP contribution is 2.10. The number of carbonyl (C=O) groups excluding carboxylic acids is 4. The van der Waals surface area contributed by atoms with E-state index in [1.165, 1.54) is 19.6 Å². The molecule has 1 aliphatic rings. The van der Waals surface area contributed by atoms with E-state index >= 15 is 0 Å². The largest absolute Gasteiger partial charge is 0.480 e. The van der Waals surface area contributed by atoms with Crippen LogP contribution in [0, 0.1) is 0 Å². The number of hydrogen-bond acceptors (Lipinski definition) is 19. The summed E-state index contributed by atoms with van der Waals surface area (Å²) in [5.41, 5.74) is 0. The van der Waals surface area contributed by atoms with E-state index in [9.17, 15) is 68.7 Å². The molecular formula is C32H51N5O19. The molecule has 0 saturated carbocycles. The smallest absolute Gasteiger partial charge is 0.332 e. The van der Waals surface area contributed by atoms with Gasteiger partial charge in [-0.15, -0.1) is 0 Å². The average Bonchev–Trinajstić information content (AvgIpc) is 3.06. The van der Waals surface area contributed by atoms with Gasteiger partial charge in [0, 0.05) is 72.2 Å². The maximum atomic E-state index is 13.1. The highest BCUT2D eigenvalue weighted by molar-refractivity contribution is 5.73. The van der Waals surface area contributed by atoms with Crippen molar-refractivity contribution in [2.75, 3.05) is 125 Å². The van der Waals surface area contributed by atoms with Crippen molar-refractivity contribution in [1.82, 2.24) is 24.5 Å². The lowest BCUT2D eigenvalue weighted by Crippen LogP contribution is -2.56. The van der Waals surface area contributed by atoms with Crippen molar-refractivity contribution >= 4 is 53.7 Å². The van der Waals surface area contributed by atoms with E-state index in [4.69, 9.17) is 23.7 Å². The van der Waals surface area contributed by atoms with Gasteiger partial charge >= 0.3 is 53.7 Å². The number of rotatable bonds is 24. The van der Waals surface area contributed by atoms with Crippen molar-refractivity contribution in [3.05, 3.63) is 0 Å². The number of aliphatic carboxylic acids is 5. The summed E-state index contributed by atoms with van der Waals surface area (Å²) >= 11 is 0.